The SMILES string of the molecule is CCCOc1ccccc1-c1cc2n(n1)N=C(C)C2. The molecule has 1 aliphatic rings. The van der Waals surface area contributed by atoms with Crippen molar-refractivity contribution in [2.45, 2.75) is 26.7 Å². The molecule has 0 saturated carbocycles. The van der Waals surface area contributed by atoms with Crippen molar-refractivity contribution in [2.75, 3.05) is 6.61 Å². The lowest BCUT2D eigenvalue weighted by Gasteiger charge is -2.08. The van der Waals surface area contributed by atoms with Crippen LogP contribution in [0.3, 0.4) is 0 Å². The Hall–Kier alpha value is -2.10. The van der Waals surface area contributed by atoms with Crippen molar-refractivity contribution in [3.63, 3.8) is 0 Å². The van der Waals surface area contributed by atoms with Crippen LogP contribution in [0.15, 0.2) is 35.4 Å². The Kier molecular flexibility index (Phi) is 3.07. The average molecular weight is 255 g/mol. The monoisotopic (exact) mass is 255 g/mol. The quantitative estimate of drug-likeness (QED) is 0.842. The maximum Gasteiger partial charge on any atom is 0.128 e. The van der Waals surface area contributed by atoms with Crippen LogP contribution >= 0.6 is 0 Å². The summed E-state index contributed by atoms with van der Waals surface area (Å²) in [5, 5.41) is 8.90. The molecule has 2 heterocycles. The first-order valence-corrected chi connectivity index (χ1v) is 6.63. The number of nitrogens with zero attached hydrogens (tertiary/aromatic N) is 3. The fourth-order valence-corrected chi connectivity index (χ4v) is 2.23. The summed E-state index contributed by atoms with van der Waals surface area (Å²) < 4.78 is 5.78. The summed E-state index contributed by atoms with van der Waals surface area (Å²) >= 11 is 0. The van der Waals surface area contributed by atoms with E-state index < -0.39 is 0 Å². The molecular weight excluding hydrogens is 238 g/mol. The van der Waals surface area contributed by atoms with Gasteiger partial charge in [0.05, 0.1) is 18.0 Å². The standard InChI is InChI=1S/C15H17N3O/c1-3-8-19-15-7-5-4-6-13(15)14-10-12-9-11(2)16-18(12)17-14/h4-7,10H,3,8-9H2,1-2H3. The summed E-state index contributed by atoms with van der Waals surface area (Å²) in [6.07, 6.45) is 1.88. The van der Waals surface area contributed by atoms with Gasteiger partial charge in [0.2, 0.25) is 0 Å². The third-order valence-electron chi connectivity index (χ3n) is 3.09. The highest BCUT2D eigenvalue weighted by molar-refractivity contribution is 5.86. The van der Waals surface area contributed by atoms with Crippen LogP contribution in [0.1, 0.15) is 26.0 Å². The largest absolute Gasteiger partial charge is 0.493 e. The molecule has 0 spiro atoms. The van der Waals surface area contributed by atoms with E-state index in [1.807, 2.05) is 31.2 Å². The summed E-state index contributed by atoms with van der Waals surface area (Å²) in [4.78, 5) is 1.72. The Bertz CT molecular complexity index is 628. The minimum atomic E-state index is 0.724. The number of ether oxygens (including phenoxy) is 1. The van der Waals surface area contributed by atoms with Crippen molar-refractivity contribution in [3.05, 3.63) is 36.0 Å². The first kappa shape index (κ1) is 12.0. The Balaban J connectivity index is 1.96. The Morgan fingerprint density at radius 1 is 1.32 bits per heavy atom. The van der Waals surface area contributed by atoms with Gasteiger partial charge in [0.25, 0.3) is 0 Å². The van der Waals surface area contributed by atoms with Crippen LogP contribution in [0.25, 0.3) is 11.3 Å². The molecule has 0 N–H and O–H groups in total. The van der Waals surface area contributed by atoms with E-state index in [0.29, 0.717) is 0 Å². The summed E-state index contributed by atoms with van der Waals surface area (Å²) in [5.74, 6) is 0.891. The third-order valence-corrected chi connectivity index (χ3v) is 3.09. The number of hydrogen-bond acceptors (Lipinski definition) is 3. The van der Waals surface area contributed by atoms with E-state index >= 15 is 0 Å². The van der Waals surface area contributed by atoms with Crippen LogP contribution < -0.4 is 4.74 Å². The molecule has 4 nitrogen and oxygen atoms in total. The van der Waals surface area contributed by atoms with E-state index in [0.717, 1.165) is 47.9 Å². The fraction of sp³-hybridized carbons (Fsp3) is 0.333. The molecule has 0 radical (unpaired) electrons. The molecular formula is C15H17N3O. The predicted octanol–water partition coefficient (Wildman–Crippen LogP) is 3.12. The smallest absolute Gasteiger partial charge is 0.128 e. The van der Waals surface area contributed by atoms with Gasteiger partial charge >= 0.3 is 0 Å². The number of benzene rings is 1. The summed E-state index contributed by atoms with van der Waals surface area (Å²) in [7, 11) is 0. The summed E-state index contributed by atoms with van der Waals surface area (Å²) in [5.41, 5.74) is 4.20. The number of para-hydroxylation sites is 1. The second-order valence-corrected chi connectivity index (χ2v) is 4.77. The Labute approximate surface area is 112 Å². The van der Waals surface area contributed by atoms with Crippen molar-refractivity contribution in [2.24, 2.45) is 5.10 Å². The van der Waals surface area contributed by atoms with Crippen molar-refractivity contribution in [1.29, 1.82) is 0 Å². The molecule has 0 amide bonds. The lowest BCUT2D eigenvalue weighted by Crippen LogP contribution is -1.97. The van der Waals surface area contributed by atoms with E-state index in [1.165, 1.54) is 0 Å². The summed E-state index contributed by atoms with van der Waals surface area (Å²) in [6, 6.07) is 10.1. The lowest BCUT2D eigenvalue weighted by molar-refractivity contribution is 0.318. The molecule has 0 fully saturated rings. The molecule has 4 heteroatoms. The van der Waals surface area contributed by atoms with Gasteiger partial charge in [-0.2, -0.15) is 15.0 Å². The normalized spacial score (nSPS) is 13.3. The van der Waals surface area contributed by atoms with Gasteiger partial charge < -0.3 is 4.74 Å². The number of aromatic nitrogens is 2. The fourth-order valence-electron chi connectivity index (χ4n) is 2.23. The summed E-state index contributed by atoms with van der Waals surface area (Å²) in [6.45, 7) is 4.85. The highest BCUT2D eigenvalue weighted by atomic mass is 16.5. The van der Waals surface area contributed by atoms with Gasteiger partial charge in [-0.3, -0.25) is 0 Å². The third kappa shape index (κ3) is 2.26. The maximum absolute atomic E-state index is 5.78. The molecule has 1 aliphatic heterocycles. The zero-order chi connectivity index (χ0) is 13.2. The van der Waals surface area contributed by atoms with E-state index in [-0.39, 0.29) is 0 Å². The highest BCUT2D eigenvalue weighted by Gasteiger charge is 2.17. The molecule has 1 aromatic carbocycles. The van der Waals surface area contributed by atoms with Crippen molar-refractivity contribution in [1.82, 2.24) is 9.89 Å². The van der Waals surface area contributed by atoms with Gasteiger partial charge in [-0.05, 0) is 31.5 Å². The number of hydrogen-bond donors (Lipinski definition) is 0. The van der Waals surface area contributed by atoms with Gasteiger partial charge in [-0.1, -0.05) is 19.1 Å². The molecule has 3 rings (SSSR count). The molecule has 0 bridgehead atoms. The second kappa shape index (κ2) is 4.88. The number of fused-ring (bicyclic) bond motifs is 1. The first-order valence-electron chi connectivity index (χ1n) is 6.63. The van der Waals surface area contributed by atoms with Crippen molar-refractivity contribution < 1.29 is 4.74 Å². The molecule has 0 unspecified atom stereocenters. The molecule has 1 aromatic heterocycles. The molecule has 19 heavy (non-hydrogen) atoms. The zero-order valence-corrected chi connectivity index (χ0v) is 11.3. The average Bonchev–Trinajstić information content (AvgIpc) is 2.93. The van der Waals surface area contributed by atoms with Crippen molar-refractivity contribution in [3.8, 4) is 17.0 Å². The van der Waals surface area contributed by atoms with Gasteiger partial charge in [0, 0.05) is 17.7 Å². The highest BCUT2D eigenvalue weighted by Crippen LogP contribution is 2.30. The van der Waals surface area contributed by atoms with Gasteiger partial charge in [0.1, 0.15) is 5.75 Å². The molecule has 2 aromatic rings. The van der Waals surface area contributed by atoms with Crippen LogP contribution in [0.4, 0.5) is 0 Å². The molecule has 98 valence electrons. The van der Waals surface area contributed by atoms with E-state index in [4.69, 9.17) is 4.74 Å². The van der Waals surface area contributed by atoms with E-state index in [9.17, 15) is 0 Å². The topological polar surface area (TPSA) is 39.4 Å². The zero-order valence-electron chi connectivity index (χ0n) is 11.3. The molecule has 0 aliphatic carbocycles. The predicted molar refractivity (Wildman–Crippen MR) is 75.7 cm³/mol. The van der Waals surface area contributed by atoms with Crippen molar-refractivity contribution >= 4 is 5.71 Å². The second-order valence-electron chi connectivity index (χ2n) is 4.77. The molecule has 0 atom stereocenters. The molecule has 0 saturated heterocycles. The van der Waals surface area contributed by atoms with Gasteiger partial charge in [-0.25, -0.2) is 0 Å². The maximum atomic E-state index is 5.78. The minimum Gasteiger partial charge on any atom is -0.493 e. The Morgan fingerprint density at radius 2 is 2.16 bits per heavy atom. The van der Waals surface area contributed by atoms with Crippen LogP contribution in [0.5, 0.6) is 5.75 Å². The number of rotatable bonds is 4. The van der Waals surface area contributed by atoms with Gasteiger partial charge in [-0.15, -0.1) is 0 Å². The van der Waals surface area contributed by atoms with Gasteiger partial charge in [0.15, 0.2) is 0 Å². The van der Waals surface area contributed by atoms with Crippen LogP contribution in [0, 0.1) is 0 Å². The van der Waals surface area contributed by atoms with Crippen LogP contribution in [0.2, 0.25) is 0 Å². The van der Waals surface area contributed by atoms with E-state index in [2.05, 4.69) is 23.2 Å². The lowest BCUT2D eigenvalue weighted by atomic mass is 10.1. The first-order chi connectivity index (χ1) is 9.28. The van der Waals surface area contributed by atoms with Crippen LogP contribution in [-0.4, -0.2) is 22.2 Å². The van der Waals surface area contributed by atoms with E-state index in [1.54, 1.807) is 4.79 Å². The van der Waals surface area contributed by atoms with Crippen LogP contribution in [-0.2, 0) is 6.42 Å². The minimum absolute atomic E-state index is 0.724. The Morgan fingerprint density at radius 3 is 2.95 bits per heavy atom.